The van der Waals surface area contributed by atoms with E-state index < -0.39 is 0 Å². The SMILES string of the molecule is C=C(C=CC=CC)N(CCCCN1CCC(O)CC1)c1ccccc1. The van der Waals surface area contributed by atoms with E-state index in [0.717, 1.165) is 51.1 Å². The fraction of sp³-hybridized carbons (Fsp3) is 0.455. The Labute approximate surface area is 153 Å². The van der Waals surface area contributed by atoms with Crippen LogP contribution < -0.4 is 4.90 Å². The third-order valence-electron chi connectivity index (χ3n) is 4.67. The first kappa shape index (κ1) is 19.5. The molecule has 0 saturated carbocycles. The number of piperidine rings is 1. The summed E-state index contributed by atoms with van der Waals surface area (Å²) in [5.74, 6) is 0. The van der Waals surface area contributed by atoms with Gasteiger partial charge in [-0.1, -0.05) is 43.0 Å². The molecule has 0 radical (unpaired) electrons. The number of hydrogen-bond acceptors (Lipinski definition) is 3. The minimum absolute atomic E-state index is 0.0860. The molecule has 0 amide bonds. The van der Waals surface area contributed by atoms with E-state index in [1.165, 1.54) is 12.1 Å². The van der Waals surface area contributed by atoms with Gasteiger partial charge in [0.15, 0.2) is 0 Å². The second-order valence-corrected chi connectivity index (χ2v) is 6.64. The van der Waals surface area contributed by atoms with Crippen molar-refractivity contribution in [3.05, 3.63) is 66.9 Å². The van der Waals surface area contributed by atoms with Crippen LogP contribution in [-0.2, 0) is 0 Å². The molecule has 1 aromatic carbocycles. The standard InChI is InChI=1S/C22H32N2O/c1-3-4-6-11-20(2)24(21-12-7-5-8-13-21)17-10-9-16-23-18-14-22(25)15-19-23/h3-8,11-13,22,25H,2,9-10,14-19H2,1H3. The molecule has 1 heterocycles. The van der Waals surface area contributed by atoms with E-state index in [9.17, 15) is 5.11 Å². The first-order chi connectivity index (χ1) is 12.2. The lowest BCUT2D eigenvalue weighted by molar-refractivity contribution is 0.0819. The number of benzene rings is 1. The van der Waals surface area contributed by atoms with Crippen LogP contribution in [0.5, 0.6) is 0 Å². The van der Waals surface area contributed by atoms with Crippen LogP contribution in [0.4, 0.5) is 5.69 Å². The van der Waals surface area contributed by atoms with Crippen LogP contribution in [0.15, 0.2) is 66.9 Å². The van der Waals surface area contributed by atoms with Crippen LogP contribution in [0.25, 0.3) is 0 Å². The molecule has 1 aromatic rings. The lowest BCUT2D eigenvalue weighted by Crippen LogP contribution is -2.36. The minimum atomic E-state index is -0.0860. The number of anilines is 1. The second kappa shape index (κ2) is 10.9. The number of hydrogen-bond donors (Lipinski definition) is 1. The summed E-state index contributed by atoms with van der Waals surface area (Å²) in [6.45, 7) is 10.4. The molecule has 1 N–H and O–H groups in total. The molecule has 1 fully saturated rings. The van der Waals surface area contributed by atoms with Gasteiger partial charge in [-0.2, -0.15) is 0 Å². The summed E-state index contributed by atoms with van der Waals surface area (Å²) in [7, 11) is 0. The summed E-state index contributed by atoms with van der Waals surface area (Å²) in [5.41, 5.74) is 2.21. The summed E-state index contributed by atoms with van der Waals surface area (Å²) in [6.07, 6.45) is 12.2. The molecule has 0 aromatic heterocycles. The summed E-state index contributed by atoms with van der Waals surface area (Å²) >= 11 is 0. The highest BCUT2D eigenvalue weighted by molar-refractivity contribution is 5.53. The Hall–Kier alpha value is -1.84. The largest absolute Gasteiger partial charge is 0.393 e. The van der Waals surface area contributed by atoms with E-state index in [1.54, 1.807) is 0 Å². The van der Waals surface area contributed by atoms with Crippen molar-refractivity contribution >= 4 is 5.69 Å². The van der Waals surface area contributed by atoms with Crippen LogP contribution in [-0.4, -0.2) is 42.3 Å². The number of para-hydroxylation sites is 1. The van der Waals surface area contributed by atoms with E-state index >= 15 is 0 Å². The summed E-state index contributed by atoms with van der Waals surface area (Å²) in [4.78, 5) is 4.76. The van der Waals surface area contributed by atoms with Gasteiger partial charge in [-0.05, 0) is 57.4 Å². The zero-order valence-electron chi connectivity index (χ0n) is 15.5. The Bertz CT molecular complexity index is 557. The third-order valence-corrected chi connectivity index (χ3v) is 4.67. The van der Waals surface area contributed by atoms with E-state index in [1.807, 2.05) is 31.2 Å². The maximum Gasteiger partial charge on any atom is 0.0564 e. The van der Waals surface area contributed by atoms with E-state index in [2.05, 4.69) is 46.7 Å². The number of unbranched alkanes of at least 4 members (excludes halogenated alkanes) is 1. The molecule has 0 spiro atoms. The van der Waals surface area contributed by atoms with Crippen molar-refractivity contribution < 1.29 is 5.11 Å². The Balaban J connectivity index is 1.85. The molecule has 0 unspecified atom stereocenters. The van der Waals surface area contributed by atoms with E-state index in [4.69, 9.17) is 0 Å². The number of likely N-dealkylation sites (tertiary alicyclic amines) is 1. The second-order valence-electron chi connectivity index (χ2n) is 6.64. The fourth-order valence-electron chi connectivity index (χ4n) is 3.16. The topological polar surface area (TPSA) is 26.7 Å². The van der Waals surface area contributed by atoms with Crippen molar-refractivity contribution in [3.63, 3.8) is 0 Å². The average molecular weight is 341 g/mol. The van der Waals surface area contributed by atoms with Crippen LogP contribution >= 0.6 is 0 Å². The number of aliphatic hydroxyl groups excluding tert-OH is 1. The van der Waals surface area contributed by atoms with Gasteiger partial charge < -0.3 is 14.9 Å². The van der Waals surface area contributed by atoms with Gasteiger partial charge in [-0.3, -0.25) is 0 Å². The highest BCUT2D eigenvalue weighted by atomic mass is 16.3. The summed E-state index contributed by atoms with van der Waals surface area (Å²) in [5, 5.41) is 9.59. The lowest BCUT2D eigenvalue weighted by Gasteiger charge is -2.30. The maximum absolute atomic E-state index is 9.59. The van der Waals surface area contributed by atoms with Gasteiger partial charge in [-0.25, -0.2) is 0 Å². The number of allylic oxidation sites excluding steroid dienone is 4. The van der Waals surface area contributed by atoms with E-state index in [0.29, 0.717) is 0 Å². The molecule has 0 atom stereocenters. The van der Waals surface area contributed by atoms with Crippen LogP contribution in [0.3, 0.4) is 0 Å². The molecule has 0 aliphatic carbocycles. The van der Waals surface area contributed by atoms with Crippen LogP contribution in [0.2, 0.25) is 0 Å². The molecule has 25 heavy (non-hydrogen) atoms. The first-order valence-electron chi connectivity index (χ1n) is 9.42. The maximum atomic E-state index is 9.59. The molecule has 1 saturated heterocycles. The highest BCUT2D eigenvalue weighted by Crippen LogP contribution is 2.20. The zero-order valence-corrected chi connectivity index (χ0v) is 15.5. The first-order valence-corrected chi connectivity index (χ1v) is 9.42. The van der Waals surface area contributed by atoms with Crippen molar-refractivity contribution in [2.75, 3.05) is 31.1 Å². The van der Waals surface area contributed by atoms with Crippen molar-refractivity contribution in [2.24, 2.45) is 0 Å². The molecule has 0 bridgehead atoms. The Kier molecular flexibility index (Phi) is 8.50. The third kappa shape index (κ3) is 6.89. The molecular weight excluding hydrogens is 308 g/mol. The Morgan fingerprint density at radius 1 is 1.20 bits per heavy atom. The number of nitrogens with zero attached hydrogens (tertiary/aromatic N) is 2. The van der Waals surface area contributed by atoms with Crippen molar-refractivity contribution in [3.8, 4) is 0 Å². The van der Waals surface area contributed by atoms with E-state index in [-0.39, 0.29) is 6.10 Å². The predicted molar refractivity (Wildman–Crippen MR) is 108 cm³/mol. The molecule has 136 valence electrons. The van der Waals surface area contributed by atoms with Gasteiger partial charge in [0, 0.05) is 31.0 Å². The smallest absolute Gasteiger partial charge is 0.0564 e. The number of aliphatic hydroxyl groups is 1. The van der Waals surface area contributed by atoms with Gasteiger partial charge in [0.2, 0.25) is 0 Å². The van der Waals surface area contributed by atoms with Gasteiger partial charge in [-0.15, -0.1) is 0 Å². The lowest BCUT2D eigenvalue weighted by atomic mass is 10.1. The zero-order chi connectivity index (χ0) is 17.9. The summed E-state index contributed by atoms with van der Waals surface area (Å²) < 4.78 is 0. The van der Waals surface area contributed by atoms with Crippen LogP contribution in [0.1, 0.15) is 32.6 Å². The van der Waals surface area contributed by atoms with Gasteiger partial charge in [0.25, 0.3) is 0 Å². The highest BCUT2D eigenvalue weighted by Gasteiger charge is 2.16. The molecule has 2 rings (SSSR count). The fourth-order valence-corrected chi connectivity index (χ4v) is 3.16. The van der Waals surface area contributed by atoms with Crippen molar-refractivity contribution in [2.45, 2.75) is 38.7 Å². The quantitative estimate of drug-likeness (QED) is 0.534. The average Bonchev–Trinajstić information content (AvgIpc) is 2.64. The minimum Gasteiger partial charge on any atom is -0.393 e. The van der Waals surface area contributed by atoms with Crippen molar-refractivity contribution in [1.82, 2.24) is 4.90 Å². The number of rotatable bonds is 9. The molecule has 1 aliphatic rings. The van der Waals surface area contributed by atoms with Gasteiger partial charge in [0.1, 0.15) is 0 Å². The monoisotopic (exact) mass is 340 g/mol. The normalized spacial score (nSPS) is 16.7. The van der Waals surface area contributed by atoms with Crippen LogP contribution in [0, 0.1) is 0 Å². The molecule has 3 nitrogen and oxygen atoms in total. The van der Waals surface area contributed by atoms with Gasteiger partial charge >= 0.3 is 0 Å². The molecule has 1 aliphatic heterocycles. The molecular formula is C22H32N2O. The Morgan fingerprint density at radius 2 is 1.92 bits per heavy atom. The molecule has 3 heteroatoms. The van der Waals surface area contributed by atoms with Crippen molar-refractivity contribution in [1.29, 1.82) is 0 Å². The van der Waals surface area contributed by atoms with Gasteiger partial charge in [0.05, 0.1) is 6.10 Å². The summed E-state index contributed by atoms with van der Waals surface area (Å²) in [6, 6.07) is 10.5. The Morgan fingerprint density at radius 3 is 2.60 bits per heavy atom. The predicted octanol–water partition coefficient (Wildman–Crippen LogP) is 4.38.